The summed E-state index contributed by atoms with van der Waals surface area (Å²) < 4.78 is 13.3. The molecule has 3 rings (SSSR count). The minimum atomic E-state index is -0.205. The molecule has 0 aromatic heterocycles. The Balaban J connectivity index is 1.74. The van der Waals surface area contributed by atoms with Gasteiger partial charge in [-0.2, -0.15) is 0 Å². The number of carbonyl (C=O) groups is 1. The highest BCUT2D eigenvalue weighted by atomic mass is 19.1. The Morgan fingerprint density at radius 1 is 1.32 bits per heavy atom. The maximum atomic E-state index is 13.3. The van der Waals surface area contributed by atoms with E-state index in [0.717, 1.165) is 37.9 Å². The molecule has 2 unspecified atom stereocenters. The van der Waals surface area contributed by atoms with Crippen LogP contribution in [-0.4, -0.2) is 25.0 Å². The minimum Gasteiger partial charge on any atom is -0.351 e. The third kappa shape index (κ3) is 2.95. The van der Waals surface area contributed by atoms with E-state index in [2.05, 4.69) is 10.6 Å². The van der Waals surface area contributed by atoms with Crippen molar-refractivity contribution in [2.24, 2.45) is 5.92 Å². The molecule has 1 aliphatic carbocycles. The van der Waals surface area contributed by atoms with Gasteiger partial charge >= 0.3 is 0 Å². The number of amides is 1. The summed E-state index contributed by atoms with van der Waals surface area (Å²) in [5.41, 5.74) is 0.989. The molecule has 1 saturated heterocycles. The molecule has 19 heavy (non-hydrogen) atoms. The van der Waals surface area contributed by atoms with Crippen LogP contribution in [0.15, 0.2) is 24.3 Å². The third-order valence-corrected chi connectivity index (χ3v) is 4.03. The van der Waals surface area contributed by atoms with Crippen molar-refractivity contribution in [1.82, 2.24) is 10.6 Å². The van der Waals surface area contributed by atoms with Gasteiger partial charge in [-0.15, -0.1) is 0 Å². The van der Waals surface area contributed by atoms with Crippen LogP contribution in [0.2, 0.25) is 0 Å². The number of benzene rings is 1. The highest BCUT2D eigenvalue weighted by Crippen LogP contribution is 2.31. The molecule has 0 radical (unpaired) electrons. The van der Waals surface area contributed by atoms with Crippen LogP contribution in [-0.2, 0) is 4.79 Å². The molecule has 2 aliphatic rings. The van der Waals surface area contributed by atoms with Gasteiger partial charge in [0.15, 0.2) is 0 Å². The van der Waals surface area contributed by atoms with E-state index in [1.807, 2.05) is 6.07 Å². The summed E-state index contributed by atoms with van der Waals surface area (Å²) in [6, 6.07) is 6.82. The number of nitrogens with one attached hydrogen (secondary N) is 2. The van der Waals surface area contributed by atoms with Crippen LogP contribution >= 0.6 is 0 Å². The predicted molar refractivity (Wildman–Crippen MR) is 71.3 cm³/mol. The lowest BCUT2D eigenvalue weighted by molar-refractivity contribution is -0.123. The molecule has 1 amide bonds. The van der Waals surface area contributed by atoms with Crippen LogP contribution in [0.25, 0.3) is 0 Å². The fourth-order valence-electron chi connectivity index (χ4n) is 2.79. The molecular weight excluding hydrogens is 243 g/mol. The van der Waals surface area contributed by atoms with E-state index in [1.165, 1.54) is 6.07 Å². The first-order valence-electron chi connectivity index (χ1n) is 7.00. The number of carbonyl (C=O) groups excluding carboxylic acids is 1. The Labute approximate surface area is 112 Å². The summed E-state index contributed by atoms with van der Waals surface area (Å²) in [5.74, 6) is 0.383. The fourth-order valence-corrected chi connectivity index (χ4v) is 2.79. The molecule has 1 aromatic carbocycles. The van der Waals surface area contributed by atoms with Gasteiger partial charge < -0.3 is 10.6 Å². The Kier molecular flexibility index (Phi) is 3.51. The van der Waals surface area contributed by atoms with Crippen molar-refractivity contribution >= 4 is 5.91 Å². The molecule has 1 aliphatic heterocycles. The topological polar surface area (TPSA) is 41.1 Å². The van der Waals surface area contributed by atoms with Crippen molar-refractivity contribution in [3.05, 3.63) is 35.6 Å². The van der Waals surface area contributed by atoms with Gasteiger partial charge in [-0.05, 0) is 43.5 Å². The van der Waals surface area contributed by atoms with Crippen molar-refractivity contribution in [1.29, 1.82) is 0 Å². The molecule has 0 spiro atoms. The van der Waals surface area contributed by atoms with Crippen molar-refractivity contribution in [3.8, 4) is 0 Å². The highest BCUT2D eigenvalue weighted by Gasteiger charge is 2.34. The first-order chi connectivity index (χ1) is 9.24. The smallest absolute Gasteiger partial charge is 0.223 e. The molecule has 4 heteroatoms. The number of rotatable bonds is 3. The van der Waals surface area contributed by atoms with E-state index in [4.69, 9.17) is 0 Å². The first-order valence-corrected chi connectivity index (χ1v) is 7.00. The standard InChI is InChI=1S/C15H19FN2O/c16-12-3-1-2-11(8-12)13-6-7-17-9-14(13)18-15(19)10-4-5-10/h1-3,8,10,13-14,17H,4-7,9H2,(H,18,19). The van der Waals surface area contributed by atoms with Crippen LogP contribution in [0, 0.1) is 11.7 Å². The molecule has 0 bridgehead atoms. The zero-order chi connectivity index (χ0) is 13.2. The number of halogens is 1. The molecule has 1 heterocycles. The third-order valence-electron chi connectivity index (χ3n) is 4.03. The summed E-state index contributed by atoms with van der Waals surface area (Å²) in [6.45, 7) is 1.68. The molecule has 1 aromatic rings. The lowest BCUT2D eigenvalue weighted by Gasteiger charge is -2.33. The molecule has 2 N–H and O–H groups in total. The maximum Gasteiger partial charge on any atom is 0.223 e. The molecule has 2 atom stereocenters. The fraction of sp³-hybridized carbons (Fsp3) is 0.533. The first kappa shape index (κ1) is 12.6. The summed E-state index contributed by atoms with van der Waals surface area (Å²) >= 11 is 0. The highest BCUT2D eigenvalue weighted by molar-refractivity contribution is 5.81. The molecule has 2 fully saturated rings. The Bertz CT molecular complexity index is 473. The average molecular weight is 262 g/mol. The van der Waals surface area contributed by atoms with Crippen LogP contribution in [0.3, 0.4) is 0 Å². The SMILES string of the molecule is O=C(NC1CNCCC1c1cccc(F)c1)C1CC1. The maximum absolute atomic E-state index is 13.3. The summed E-state index contributed by atoms with van der Waals surface area (Å²) in [7, 11) is 0. The van der Waals surface area contributed by atoms with E-state index >= 15 is 0 Å². The van der Waals surface area contributed by atoms with E-state index < -0.39 is 0 Å². The van der Waals surface area contributed by atoms with Gasteiger partial charge in [0.2, 0.25) is 5.91 Å². The van der Waals surface area contributed by atoms with Crippen molar-refractivity contribution in [3.63, 3.8) is 0 Å². The Morgan fingerprint density at radius 3 is 2.89 bits per heavy atom. The summed E-state index contributed by atoms with van der Waals surface area (Å²) in [4.78, 5) is 11.9. The van der Waals surface area contributed by atoms with Gasteiger partial charge in [-0.25, -0.2) is 4.39 Å². The second kappa shape index (κ2) is 5.29. The van der Waals surface area contributed by atoms with E-state index in [-0.39, 0.29) is 29.6 Å². The van der Waals surface area contributed by atoms with E-state index in [0.29, 0.717) is 0 Å². The molecule has 102 valence electrons. The number of hydrogen-bond donors (Lipinski definition) is 2. The zero-order valence-electron chi connectivity index (χ0n) is 10.9. The van der Waals surface area contributed by atoms with Crippen LogP contribution in [0.1, 0.15) is 30.7 Å². The van der Waals surface area contributed by atoms with Gasteiger partial charge in [-0.1, -0.05) is 12.1 Å². The second-order valence-electron chi connectivity index (χ2n) is 5.54. The van der Waals surface area contributed by atoms with Gasteiger partial charge in [-0.3, -0.25) is 4.79 Å². The lowest BCUT2D eigenvalue weighted by Crippen LogP contribution is -2.50. The van der Waals surface area contributed by atoms with E-state index in [1.54, 1.807) is 12.1 Å². The van der Waals surface area contributed by atoms with Gasteiger partial charge in [0.1, 0.15) is 5.82 Å². The molecule has 1 saturated carbocycles. The van der Waals surface area contributed by atoms with Crippen LogP contribution < -0.4 is 10.6 Å². The quantitative estimate of drug-likeness (QED) is 0.872. The number of piperidine rings is 1. The van der Waals surface area contributed by atoms with Crippen molar-refractivity contribution < 1.29 is 9.18 Å². The van der Waals surface area contributed by atoms with Crippen molar-refractivity contribution in [2.75, 3.05) is 13.1 Å². The second-order valence-corrected chi connectivity index (χ2v) is 5.54. The summed E-state index contributed by atoms with van der Waals surface area (Å²) in [5, 5.41) is 6.43. The van der Waals surface area contributed by atoms with Gasteiger partial charge in [0.25, 0.3) is 0 Å². The zero-order valence-corrected chi connectivity index (χ0v) is 10.9. The van der Waals surface area contributed by atoms with Crippen LogP contribution in [0.4, 0.5) is 4.39 Å². The van der Waals surface area contributed by atoms with Gasteiger partial charge in [0.05, 0.1) is 0 Å². The Hall–Kier alpha value is -1.42. The van der Waals surface area contributed by atoms with Gasteiger partial charge in [0, 0.05) is 24.4 Å². The summed E-state index contributed by atoms with van der Waals surface area (Å²) in [6.07, 6.45) is 2.95. The normalized spacial score (nSPS) is 27.0. The largest absolute Gasteiger partial charge is 0.351 e. The van der Waals surface area contributed by atoms with Crippen LogP contribution in [0.5, 0.6) is 0 Å². The minimum absolute atomic E-state index is 0.0728. The lowest BCUT2D eigenvalue weighted by atomic mass is 9.86. The van der Waals surface area contributed by atoms with Crippen molar-refractivity contribution in [2.45, 2.75) is 31.2 Å². The predicted octanol–water partition coefficient (Wildman–Crippen LogP) is 1.80. The monoisotopic (exact) mass is 262 g/mol. The number of hydrogen-bond acceptors (Lipinski definition) is 2. The molecule has 3 nitrogen and oxygen atoms in total. The molecular formula is C15H19FN2O. The van der Waals surface area contributed by atoms with E-state index in [9.17, 15) is 9.18 Å². The Morgan fingerprint density at radius 2 is 2.16 bits per heavy atom. The average Bonchev–Trinajstić information content (AvgIpc) is 3.23.